The van der Waals surface area contributed by atoms with E-state index in [0.717, 1.165) is 12.8 Å². The fourth-order valence-electron chi connectivity index (χ4n) is 2.90. The summed E-state index contributed by atoms with van der Waals surface area (Å²) in [6.07, 6.45) is 1.25. The van der Waals surface area contributed by atoms with Crippen LogP contribution in [0.25, 0.3) is 0 Å². The van der Waals surface area contributed by atoms with E-state index in [4.69, 9.17) is 10.00 Å². The summed E-state index contributed by atoms with van der Waals surface area (Å²) in [5.74, 6) is -0.289. The van der Waals surface area contributed by atoms with Crippen LogP contribution in [0.5, 0.6) is 0 Å². The number of fused-ring (bicyclic) bond motifs is 2. The highest BCUT2D eigenvalue weighted by Crippen LogP contribution is 2.44. The first-order chi connectivity index (χ1) is 8.26. The maximum atomic E-state index is 12.0. The van der Waals surface area contributed by atoms with Crippen LogP contribution in [0.1, 0.15) is 33.6 Å². The number of nitrogens with zero attached hydrogens (tertiary/aromatic N) is 2. The quantitative estimate of drug-likeness (QED) is 0.663. The van der Waals surface area contributed by atoms with Crippen LogP contribution >= 0.6 is 0 Å². The maximum Gasteiger partial charge on any atom is 0.410 e. The first-order valence-electron chi connectivity index (χ1n) is 6.38. The molecule has 1 saturated carbocycles. The van der Waals surface area contributed by atoms with Crippen molar-refractivity contribution < 1.29 is 14.6 Å². The maximum absolute atomic E-state index is 12.0. The molecule has 0 aromatic rings. The Morgan fingerprint density at radius 3 is 2.28 bits per heavy atom. The standard InChI is InChI=1S/C13H20N2O3/c1-12(2,3)18-11(16)15-6-9-4-5-10(7-15)13(9,17)8-14/h9-10,17H,4-7H2,1-3H3. The summed E-state index contributed by atoms with van der Waals surface area (Å²) in [6.45, 7) is 6.31. The highest BCUT2D eigenvalue weighted by atomic mass is 16.6. The third-order valence-electron chi connectivity index (χ3n) is 3.82. The molecule has 2 unspecified atom stereocenters. The topological polar surface area (TPSA) is 73.6 Å². The molecule has 1 amide bonds. The predicted molar refractivity (Wildman–Crippen MR) is 64.6 cm³/mol. The van der Waals surface area contributed by atoms with Gasteiger partial charge >= 0.3 is 6.09 Å². The molecule has 100 valence electrons. The van der Waals surface area contributed by atoms with Crippen molar-refractivity contribution >= 4 is 6.09 Å². The van der Waals surface area contributed by atoms with Gasteiger partial charge in [0.2, 0.25) is 0 Å². The van der Waals surface area contributed by atoms with E-state index in [2.05, 4.69) is 0 Å². The fraction of sp³-hybridized carbons (Fsp3) is 0.846. The van der Waals surface area contributed by atoms with Crippen LogP contribution in [0.15, 0.2) is 0 Å². The summed E-state index contributed by atoms with van der Waals surface area (Å²) >= 11 is 0. The smallest absolute Gasteiger partial charge is 0.410 e. The number of hydrogen-bond acceptors (Lipinski definition) is 4. The third kappa shape index (κ3) is 2.17. The number of hydrogen-bond donors (Lipinski definition) is 1. The van der Waals surface area contributed by atoms with E-state index in [-0.39, 0.29) is 17.9 Å². The zero-order valence-corrected chi connectivity index (χ0v) is 11.1. The summed E-state index contributed by atoms with van der Waals surface area (Å²) in [7, 11) is 0. The lowest BCUT2D eigenvalue weighted by Crippen LogP contribution is -2.55. The first-order valence-corrected chi connectivity index (χ1v) is 6.38. The number of ether oxygens (including phenoxy) is 1. The SMILES string of the molecule is CC(C)(C)OC(=O)N1CC2CCC(C1)C2(O)C#N. The Morgan fingerprint density at radius 2 is 1.89 bits per heavy atom. The van der Waals surface area contributed by atoms with Gasteiger partial charge in [0.25, 0.3) is 0 Å². The van der Waals surface area contributed by atoms with E-state index in [1.54, 1.807) is 4.90 Å². The van der Waals surface area contributed by atoms with Crippen molar-refractivity contribution in [3.8, 4) is 6.07 Å². The molecule has 2 atom stereocenters. The zero-order valence-electron chi connectivity index (χ0n) is 11.1. The summed E-state index contributed by atoms with van der Waals surface area (Å²) in [5, 5.41) is 19.4. The van der Waals surface area contributed by atoms with Gasteiger partial charge in [0, 0.05) is 24.9 Å². The van der Waals surface area contributed by atoms with Crippen LogP contribution in [0, 0.1) is 23.2 Å². The monoisotopic (exact) mass is 252 g/mol. The highest BCUT2D eigenvalue weighted by molar-refractivity contribution is 5.68. The van der Waals surface area contributed by atoms with E-state index in [1.165, 1.54) is 0 Å². The van der Waals surface area contributed by atoms with E-state index >= 15 is 0 Å². The second-order valence-corrected chi connectivity index (χ2v) is 6.29. The van der Waals surface area contributed by atoms with Crippen molar-refractivity contribution in [1.82, 2.24) is 4.90 Å². The van der Waals surface area contributed by atoms with Crippen LogP contribution in [0.2, 0.25) is 0 Å². The number of rotatable bonds is 0. The molecule has 18 heavy (non-hydrogen) atoms. The lowest BCUT2D eigenvalue weighted by Gasteiger charge is -2.40. The summed E-state index contributed by atoms with van der Waals surface area (Å²) in [4.78, 5) is 13.6. The summed E-state index contributed by atoms with van der Waals surface area (Å²) in [5.41, 5.74) is -1.77. The number of carbonyl (C=O) groups excluding carboxylic acids is 1. The molecule has 5 nitrogen and oxygen atoms in total. The lowest BCUT2D eigenvalue weighted by atomic mass is 9.82. The average molecular weight is 252 g/mol. The van der Waals surface area contributed by atoms with Gasteiger partial charge in [0.1, 0.15) is 5.60 Å². The molecule has 0 radical (unpaired) electrons. The van der Waals surface area contributed by atoms with Crippen LogP contribution in [0.4, 0.5) is 4.79 Å². The minimum Gasteiger partial charge on any atom is -0.444 e. The molecule has 1 N–H and O–H groups in total. The molecular formula is C13H20N2O3. The van der Waals surface area contributed by atoms with Gasteiger partial charge in [-0.3, -0.25) is 0 Å². The molecule has 2 fully saturated rings. The van der Waals surface area contributed by atoms with Gasteiger partial charge in [-0.15, -0.1) is 0 Å². The molecule has 1 saturated heterocycles. The minimum atomic E-state index is -1.25. The number of amides is 1. The van der Waals surface area contributed by atoms with Crippen molar-refractivity contribution in [1.29, 1.82) is 5.26 Å². The highest BCUT2D eigenvalue weighted by Gasteiger charge is 2.54. The molecule has 5 heteroatoms. The van der Waals surface area contributed by atoms with Gasteiger partial charge in [-0.25, -0.2) is 4.79 Å². The van der Waals surface area contributed by atoms with Crippen molar-refractivity contribution in [2.75, 3.05) is 13.1 Å². The van der Waals surface area contributed by atoms with Crippen LogP contribution in [-0.4, -0.2) is 40.4 Å². The summed E-state index contributed by atoms with van der Waals surface area (Å²) in [6, 6.07) is 2.03. The normalized spacial score (nSPS) is 35.2. The molecule has 0 aromatic heterocycles. The molecular weight excluding hydrogens is 232 g/mol. The van der Waals surface area contributed by atoms with Gasteiger partial charge in [-0.1, -0.05) is 0 Å². The Bertz CT molecular complexity index is 380. The van der Waals surface area contributed by atoms with Gasteiger partial charge in [-0.2, -0.15) is 5.26 Å². The Hall–Kier alpha value is -1.28. The molecule has 2 rings (SSSR count). The van der Waals surface area contributed by atoms with E-state index in [1.807, 2.05) is 26.8 Å². The lowest BCUT2D eigenvalue weighted by molar-refractivity contribution is -0.0478. The molecule has 1 aliphatic carbocycles. The van der Waals surface area contributed by atoms with Crippen molar-refractivity contribution in [3.63, 3.8) is 0 Å². The molecule has 1 aliphatic heterocycles. The Labute approximate surface area is 107 Å². The molecule has 0 aromatic carbocycles. The van der Waals surface area contributed by atoms with Gasteiger partial charge in [-0.05, 0) is 33.6 Å². The predicted octanol–water partition coefficient (Wildman–Crippen LogP) is 1.52. The third-order valence-corrected chi connectivity index (χ3v) is 3.82. The second-order valence-electron chi connectivity index (χ2n) is 6.29. The minimum absolute atomic E-state index is 0.145. The number of likely N-dealkylation sites (tertiary alicyclic amines) is 1. The average Bonchev–Trinajstić information content (AvgIpc) is 2.48. The van der Waals surface area contributed by atoms with Crippen LogP contribution in [0.3, 0.4) is 0 Å². The van der Waals surface area contributed by atoms with Crippen molar-refractivity contribution in [3.05, 3.63) is 0 Å². The Balaban J connectivity index is 2.06. The van der Waals surface area contributed by atoms with Crippen LogP contribution in [-0.2, 0) is 4.74 Å². The Morgan fingerprint density at radius 1 is 1.39 bits per heavy atom. The van der Waals surface area contributed by atoms with E-state index in [0.29, 0.717) is 13.1 Å². The number of carbonyl (C=O) groups is 1. The first kappa shape index (κ1) is 13.2. The fourth-order valence-corrected chi connectivity index (χ4v) is 2.90. The Kier molecular flexibility index (Phi) is 3.02. The van der Waals surface area contributed by atoms with Gasteiger partial charge in [0.05, 0.1) is 6.07 Å². The molecule has 2 bridgehead atoms. The number of aliphatic hydroxyl groups is 1. The number of nitriles is 1. The van der Waals surface area contributed by atoms with Crippen LogP contribution < -0.4 is 0 Å². The number of piperidine rings is 1. The largest absolute Gasteiger partial charge is 0.444 e. The zero-order chi connectivity index (χ0) is 13.6. The molecule has 2 aliphatic rings. The van der Waals surface area contributed by atoms with E-state index in [9.17, 15) is 9.90 Å². The van der Waals surface area contributed by atoms with Crippen molar-refractivity contribution in [2.45, 2.75) is 44.8 Å². The van der Waals surface area contributed by atoms with Gasteiger partial charge < -0.3 is 14.7 Å². The molecule has 0 spiro atoms. The van der Waals surface area contributed by atoms with E-state index < -0.39 is 11.2 Å². The molecule has 1 heterocycles. The van der Waals surface area contributed by atoms with Gasteiger partial charge in [0.15, 0.2) is 5.60 Å². The second kappa shape index (κ2) is 4.13. The summed E-state index contributed by atoms with van der Waals surface area (Å²) < 4.78 is 5.33. The van der Waals surface area contributed by atoms with Crippen molar-refractivity contribution in [2.24, 2.45) is 11.8 Å².